The Morgan fingerprint density at radius 2 is 1.86 bits per heavy atom. The Morgan fingerprint density at radius 3 is 2.66 bits per heavy atom. The van der Waals surface area contributed by atoms with E-state index in [-0.39, 0.29) is 17.6 Å². The average Bonchev–Trinajstić information content (AvgIpc) is 2.79. The molecule has 0 aliphatic carbocycles. The minimum absolute atomic E-state index is 0.0596. The van der Waals surface area contributed by atoms with Crippen molar-refractivity contribution in [1.82, 2.24) is 9.88 Å². The second-order valence-corrected chi connectivity index (χ2v) is 7.25. The van der Waals surface area contributed by atoms with E-state index in [2.05, 4.69) is 0 Å². The summed E-state index contributed by atoms with van der Waals surface area (Å²) in [5.74, 6) is 0.558. The van der Waals surface area contributed by atoms with Crippen LogP contribution in [0.25, 0.3) is 11.3 Å². The van der Waals surface area contributed by atoms with Crippen molar-refractivity contribution in [2.45, 2.75) is 18.8 Å². The molecule has 0 bridgehead atoms. The normalized spacial score (nSPS) is 16.5. The largest absolute Gasteiger partial charge is 0.496 e. The summed E-state index contributed by atoms with van der Waals surface area (Å²) in [6.45, 7) is 1.32. The Balaban J connectivity index is 1.56. The van der Waals surface area contributed by atoms with Crippen LogP contribution in [0.3, 0.4) is 0 Å². The maximum atomic E-state index is 13.2. The molecule has 5 heteroatoms. The fourth-order valence-electron chi connectivity index (χ4n) is 3.86. The molecule has 4 rings (SSSR count). The lowest BCUT2D eigenvalue weighted by Gasteiger charge is -2.32. The minimum atomic E-state index is -0.338. The molecule has 0 spiro atoms. The molecule has 1 aliphatic heterocycles. The topological polar surface area (TPSA) is 42.4 Å². The maximum absolute atomic E-state index is 13.2. The molecule has 1 saturated heterocycles. The second-order valence-electron chi connectivity index (χ2n) is 7.25. The summed E-state index contributed by atoms with van der Waals surface area (Å²) in [5.41, 5.74) is 3.31. The van der Waals surface area contributed by atoms with E-state index in [1.807, 2.05) is 47.4 Å². The molecule has 1 aromatic heterocycles. The number of carbonyl (C=O) groups excluding carboxylic acids is 1. The molecular formula is C24H23FN2O2. The fourth-order valence-corrected chi connectivity index (χ4v) is 3.86. The van der Waals surface area contributed by atoms with E-state index in [1.165, 1.54) is 12.1 Å². The van der Waals surface area contributed by atoms with Crippen molar-refractivity contribution in [2.24, 2.45) is 0 Å². The molecule has 1 atom stereocenters. The van der Waals surface area contributed by atoms with Crippen molar-refractivity contribution in [2.75, 3.05) is 20.2 Å². The average molecular weight is 390 g/mol. The van der Waals surface area contributed by atoms with E-state index in [0.717, 1.165) is 35.5 Å². The van der Waals surface area contributed by atoms with Gasteiger partial charge in [-0.05, 0) is 61.4 Å². The van der Waals surface area contributed by atoms with Gasteiger partial charge in [0.05, 0.1) is 12.8 Å². The van der Waals surface area contributed by atoms with Crippen molar-refractivity contribution in [3.8, 4) is 17.0 Å². The van der Waals surface area contributed by atoms with Gasteiger partial charge in [-0.15, -0.1) is 0 Å². The highest BCUT2D eigenvalue weighted by Crippen LogP contribution is 2.31. The molecule has 1 amide bonds. The minimum Gasteiger partial charge on any atom is -0.496 e. The van der Waals surface area contributed by atoms with Crippen molar-refractivity contribution < 1.29 is 13.9 Å². The third-order valence-corrected chi connectivity index (χ3v) is 5.37. The van der Waals surface area contributed by atoms with Crippen LogP contribution >= 0.6 is 0 Å². The van der Waals surface area contributed by atoms with Crippen molar-refractivity contribution >= 4 is 5.91 Å². The van der Waals surface area contributed by atoms with E-state index in [1.54, 1.807) is 19.2 Å². The van der Waals surface area contributed by atoms with Gasteiger partial charge >= 0.3 is 0 Å². The van der Waals surface area contributed by atoms with Crippen LogP contribution in [0.5, 0.6) is 5.75 Å². The van der Waals surface area contributed by atoms with Gasteiger partial charge in [0.25, 0.3) is 5.91 Å². The van der Waals surface area contributed by atoms with Crippen molar-refractivity contribution in [3.05, 3.63) is 83.8 Å². The summed E-state index contributed by atoms with van der Waals surface area (Å²) < 4.78 is 18.6. The predicted molar refractivity (Wildman–Crippen MR) is 111 cm³/mol. The highest BCUT2D eigenvalue weighted by Gasteiger charge is 2.26. The van der Waals surface area contributed by atoms with Crippen LogP contribution in [0.1, 0.15) is 34.8 Å². The Morgan fingerprint density at radius 1 is 1.07 bits per heavy atom. The molecular weight excluding hydrogens is 367 g/mol. The van der Waals surface area contributed by atoms with Gasteiger partial charge in [-0.2, -0.15) is 0 Å². The summed E-state index contributed by atoms with van der Waals surface area (Å²) in [4.78, 5) is 19.6. The molecule has 0 unspecified atom stereocenters. The van der Waals surface area contributed by atoms with E-state index < -0.39 is 0 Å². The maximum Gasteiger partial charge on any atom is 0.253 e. The Kier molecular flexibility index (Phi) is 5.56. The molecule has 29 heavy (non-hydrogen) atoms. The molecule has 2 aromatic carbocycles. The van der Waals surface area contributed by atoms with Gasteiger partial charge in [-0.3, -0.25) is 9.78 Å². The fraction of sp³-hybridized carbons (Fsp3) is 0.250. The predicted octanol–water partition coefficient (Wildman–Crippen LogP) is 4.92. The number of aromatic nitrogens is 1. The van der Waals surface area contributed by atoms with Gasteiger partial charge in [-0.25, -0.2) is 4.39 Å². The first-order chi connectivity index (χ1) is 14.2. The van der Waals surface area contributed by atoms with Gasteiger partial charge in [0.2, 0.25) is 0 Å². The van der Waals surface area contributed by atoms with Gasteiger partial charge in [0.1, 0.15) is 11.6 Å². The summed E-state index contributed by atoms with van der Waals surface area (Å²) in [6, 6.07) is 19.6. The molecule has 2 heterocycles. The number of benzene rings is 2. The van der Waals surface area contributed by atoms with Crippen LogP contribution in [-0.4, -0.2) is 36.0 Å². The lowest BCUT2D eigenvalue weighted by Crippen LogP contribution is -2.39. The number of hydrogen-bond donors (Lipinski definition) is 0. The van der Waals surface area contributed by atoms with Crippen LogP contribution in [-0.2, 0) is 0 Å². The van der Waals surface area contributed by atoms with Gasteiger partial charge < -0.3 is 9.64 Å². The number of hydrogen-bond acceptors (Lipinski definition) is 3. The molecule has 0 radical (unpaired) electrons. The van der Waals surface area contributed by atoms with Crippen LogP contribution in [0.4, 0.5) is 4.39 Å². The molecule has 1 aliphatic rings. The Bertz CT molecular complexity index is 1000. The number of halogens is 1. The summed E-state index contributed by atoms with van der Waals surface area (Å²) >= 11 is 0. The monoisotopic (exact) mass is 390 g/mol. The lowest BCUT2D eigenvalue weighted by atomic mass is 9.93. The zero-order chi connectivity index (χ0) is 20.2. The first kappa shape index (κ1) is 19.1. The van der Waals surface area contributed by atoms with E-state index >= 15 is 0 Å². The summed E-state index contributed by atoms with van der Waals surface area (Å²) in [6.07, 6.45) is 1.90. The number of carbonyl (C=O) groups is 1. The quantitative estimate of drug-likeness (QED) is 0.635. The van der Waals surface area contributed by atoms with Gasteiger partial charge in [0, 0.05) is 35.8 Å². The first-order valence-electron chi connectivity index (χ1n) is 9.81. The number of nitrogens with zero attached hydrogens (tertiary/aromatic N) is 2. The lowest BCUT2D eigenvalue weighted by molar-refractivity contribution is 0.0706. The Hall–Kier alpha value is -3.21. The van der Waals surface area contributed by atoms with Crippen LogP contribution in [0, 0.1) is 5.82 Å². The van der Waals surface area contributed by atoms with E-state index in [0.29, 0.717) is 18.7 Å². The number of likely N-dealkylation sites (tertiary alicyclic amines) is 1. The number of rotatable bonds is 4. The number of methoxy groups -OCH3 is 1. The zero-order valence-electron chi connectivity index (χ0n) is 16.3. The van der Waals surface area contributed by atoms with Crippen molar-refractivity contribution in [3.63, 3.8) is 0 Å². The van der Waals surface area contributed by atoms with E-state index in [9.17, 15) is 9.18 Å². The van der Waals surface area contributed by atoms with Crippen LogP contribution in [0.15, 0.2) is 66.7 Å². The highest BCUT2D eigenvalue weighted by molar-refractivity contribution is 5.94. The van der Waals surface area contributed by atoms with Gasteiger partial charge in [0.15, 0.2) is 0 Å². The highest BCUT2D eigenvalue weighted by atomic mass is 19.1. The van der Waals surface area contributed by atoms with E-state index in [4.69, 9.17) is 9.72 Å². The third-order valence-electron chi connectivity index (χ3n) is 5.37. The molecule has 0 N–H and O–H groups in total. The zero-order valence-corrected chi connectivity index (χ0v) is 16.3. The molecule has 1 fully saturated rings. The number of amides is 1. The smallest absolute Gasteiger partial charge is 0.253 e. The third kappa shape index (κ3) is 4.14. The summed E-state index contributed by atoms with van der Waals surface area (Å²) in [5, 5.41) is 0. The van der Waals surface area contributed by atoms with Crippen LogP contribution in [0.2, 0.25) is 0 Å². The number of pyridine rings is 1. The molecule has 0 saturated carbocycles. The standard InChI is InChI=1S/C24H23FN2O2/c1-29-23-10-3-2-7-20(23)22-9-4-8-21(26-22)18-6-5-15-27(16-18)24(28)17-11-13-19(25)14-12-17/h2-4,7-14,18H,5-6,15-16H2,1H3/t18-/m0/s1. The molecule has 4 nitrogen and oxygen atoms in total. The summed E-state index contributed by atoms with van der Waals surface area (Å²) in [7, 11) is 1.66. The number of piperidine rings is 1. The Labute approximate surface area is 170 Å². The first-order valence-corrected chi connectivity index (χ1v) is 9.81. The SMILES string of the molecule is COc1ccccc1-c1cccc([C@H]2CCCN(C(=O)c3ccc(F)cc3)C2)n1. The van der Waals surface area contributed by atoms with Crippen molar-refractivity contribution in [1.29, 1.82) is 0 Å². The van der Waals surface area contributed by atoms with Gasteiger partial charge in [-0.1, -0.05) is 18.2 Å². The number of para-hydroxylation sites is 1. The second kappa shape index (κ2) is 8.43. The molecule has 148 valence electrons. The number of ether oxygens (including phenoxy) is 1. The molecule has 3 aromatic rings. The van der Waals surface area contributed by atoms with Crippen LogP contribution < -0.4 is 4.74 Å².